The van der Waals surface area contributed by atoms with Crippen molar-refractivity contribution < 1.29 is 14.3 Å². The van der Waals surface area contributed by atoms with Gasteiger partial charge in [-0.25, -0.2) is 4.79 Å². The molecule has 0 amide bonds. The van der Waals surface area contributed by atoms with Crippen LogP contribution in [0.25, 0.3) is 10.9 Å². The Morgan fingerprint density at radius 3 is 2.57 bits per heavy atom. The number of benzene rings is 2. The maximum Gasteiger partial charge on any atom is 0.334 e. The molecule has 1 unspecified atom stereocenters. The number of ether oxygens (including phenoxy) is 2. The number of carbonyl (C=O) groups is 1. The summed E-state index contributed by atoms with van der Waals surface area (Å²) in [7, 11) is 1.93. The van der Waals surface area contributed by atoms with Gasteiger partial charge in [0.25, 0.3) is 0 Å². The average Bonchev–Trinajstić information content (AvgIpc) is 2.97. The van der Waals surface area contributed by atoms with Gasteiger partial charge in [0.1, 0.15) is 12.4 Å². The molecule has 0 radical (unpaired) electrons. The Labute approximate surface area is 168 Å². The van der Waals surface area contributed by atoms with Crippen LogP contribution in [0.2, 0.25) is 5.02 Å². The number of halogens is 1. The molecule has 3 rings (SSSR count). The van der Waals surface area contributed by atoms with Crippen molar-refractivity contribution in [2.45, 2.75) is 26.0 Å². The minimum absolute atomic E-state index is 0.156. The SMILES string of the molecule is CCOC(=O)C(Cc1c(COc2ccc(Cl)cc2)n(C)c2ccccc12)N=O. The fourth-order valence-electron chi connectivity index (χ4n) is 3.21. The highest BCUT2D eigenvalue weighted by Gasteiger charge is 2.26. The van der Waals surface area contributed by atoms with Crippen molar-refractivity contribution >= 4 is 28.5 Å². The Balaban J connectivity index is 1.95. The Morgan fingerprint density at radius 1 is 1.18 bits per heavy atom. The van der Waals surface area contributed by atoms with Crippen molar-refractivity contribution in [2.75, 3.05) is 6.61 Å². The number of aryl methyl sites for hydroxylation is 1. The second-order valence-corrected chi connectivity index (χ2v) is 6.76. The van der Waals surface area contributed by atoms with Gasteiger partial charge in [0.2, 0.25) is 0 Å². The molecule has 0 bridgehead atoms. The lowest BCUT2D eigenvalue weighted by molar-refractivity contribution is -0.144. The normalized spacial score (nSPS) is 12.0. The van der Waals surface area contributed by atoms with Gasteiger partial charge in [0, 0.05) is 29.4 Å². The van der Waals surface area contributed by atoms with E-state index in [0.29, 0.717) is 10.8 Å². The summed E-state index contributed by atoms with van der Waals surface area (Å²) in [5.74, 6) is 0.0612. The fraction of sp³-hybridized carbons (Fsp3) is 0.286. The van der Waals surface area contributed by atoms with Crippen LogP contribution in [0.3, 0.4) is 0 Å². The molecule has 0 fully saturated rings. The smallest absolute Gasteiger partial charge is 0.334 e. The Bertz CT molecular complexity index is 982. The molecule has 3 aromatic rings. The van der Waals surface area contributed by atoms with Crippen molar-refractivity contribution in [2.24, 2.45) is 12.2 Å². The first-order valence-electron chi connectivity index (χ1n) is 8.97. The van der Waals surface area contributed by atoms with E-state index in [4.69, 9.17) is 21.1 Å². The van der Waals surface area contributed by atoms with Crippen LogP contribution >= 0.6 is 11.6 Å². The zero-order valence-electron chi connectivity index (χ0n) is 15.7. The van der Waals surface area contributed by atoms with E-state index in [-0.39, 0.29) is 19.6 Å². The molecule has 1 heterocycles. The maximum absolute atomic E-state index is 12.1. The van der Waals surface area contributed by atoms with Crippen molar-refractivity contribution in [1.82, 2.24) is 4.57 Å². The van der Waals surface area contributed by atoms with E-state index in [1.54, 1.807) is 31.2 Å². The second kappa shape index (κ2) is 8.89. The molecule has 146 valence electrons. The quantitative estimate of drug-likeness (QED) is 0.407. The van der Waals surface area contributed by atoms with E-state index >= 15 is 0 Å². The number of hydrogen-bond acceptors (Lipinski definition) is 5. The third kappa shape index (κ3) is 4.17. The minimum Gasteiger partial charge on any atom is -0.487 e. The third-order valence-electron chi connectivity index (χ3n) is 4.62. The molecule has 0 N–H and O–H groups in total. The van der Waals surface area contributed by atoms with E-state index in [9.17, 15) is 9.70 Å². The van der Waals surface area contributed by atoms with Crippen LogP contribution in [0.1, 0.15) is 18.2 Å². The number of hydrogen-bond donors (Lipinski definition) is 0. The average molecular weight is 401 g/mol. The first-order valence-corrected chi connectivity index (χ1v) is 9.35. The highest BCUT2D eigenvalue weighted by molar-refractivity contribution is 6.30. The molecule has 6 nitrogen and oxygen atoms in total. The fourth-order valence-corrected chi connectivity index (χ4v) is 3.34. The van der Waals surface area contributed by atoms with Crippen molar-refractivity contribution in [1.29, 1.82) is 0 Å². The number of fused-ring (bicyclic) bond motifs is 1. The van der Waals surface area contributed by atoms with E-state index in [2.05, 4.69) is 5.18 Å². The maximum atomic E-state index is 12.1. The number of aromatic nitrogens is 1. The van der Waals surface area contributed by atoms with Gasteiger partial charge >= 0.3 is 5.97 Å². The van der Waals surface area contributed by atoms with Crippen molar-refractivity contribution in [3.05, 3.63) is 69.7 Å². The molecule has 2 aromatic carbocycles. The predicted octanol–water partition coefficient (Wildman–Crippen LogP) is 4.65. The molecule has 0 aliphatic carbocycles. The van der Waals surface area contributed by atoms with Crippen LogP contribution in [0.15, 0.2) is 53.7 Å². The van der Waals surface area contributed by atoms with Gasteiger partial charge in [-0.2, -0.15) is 0 Å². The van der Waals surface area contributed by atoms with Crippen LogP contribution in [0.4, 0.5) is 0 Å². The standard InChI is InChI=1S/C21H21ClN2O4/c1-3-27-21(25)18(23-26)12-17-16-6-4-5-7-19(16)24(2)20(17)13-28-15-10-8-14(22)9-11-15/h4-11,18H,3,12-13H2,1-2H3. The molecule has 28 heavy (non-hydrogen) atoms. The minimum atomic E-state index is -1.10. The van der Waals surface area contributed by atoms with Crippen LogP contribution in [0.5, 0.6) is 5.75 Å². The molecule has 0 saturated carbocycles. The topological polar surface area (TPSA) is 69.9 Å². The Morgan fingerprint density at radius 2 is 1.89 bits per heavy atom. The molecule has 7 heteroatoms. The van der Waals surface area contributed by atoms with Crippen molar-refractivity contribution in [3.8, 4) is 5.75 Å². The molecule has 0 aliphatic rings. The summed E-state index contributed by atoms with van der Waals surface area (Å²) < 4.78 is 12.9. The lowest BCUT2D eigenvalue weighted by Gasteiger charge is -2.12. The van der Waals surface area contributed by atoms with Crippen LogP contribution in [-0.4, -0.2) is 23.2 Å². The summed E-state index contributed by atoms with van der Waals surface area (Å²) in [4.78, 5) is 23.4. The van der Waals surface area contributed by atoms with Gasteiger partial charge in [0.05, 0.1) is 12.3 Å². The zero-order valence-corrected chi connectivity index (χ0v) is 16.5. The van der Waals surface area contributed by atoms with Gasteiger partial charge in [-0.3, -0.25) is 0 Å². The number of nitrogens with zero attached hydrogens (tertiary/aromatic N) is 2. The lowest BCUT2D eigenvalue weighted by atomic mass is 10.0. The van der Waals surface area contributed by atoms with Crippen LogP contribution < -0.4 is 4.74 Å². The Kier molecular flexibility index (Phi) is 6.31. The summed E-state index contributed by atoms with van der Waals surface area (Å²) >= 11 is 5.92. The first kappa shape index (κ1) is 19.9. The number of carbonyl (C=O) groups excluding carboxylic acids is 1. The molecular weight excluding hydrogens is 380 g/mol. The molecule has 1 atom stereocenters. The van der Waals surface area contributed by atoms with Gasteiger partial charge in [-0.1, -0.05) is 35.0 Å². The van der Waals surface area contributed by atoms with Crippen molar-refractivity contribution in [3.63, 3.8) is 0 Å². The summed E-state index contributed by atoms with van der Waals surface area (Å²) in [5.41, 5.74) is 2.71. The van der Waals surface area contributed by atoms with Crippen LogP contribution in [0, 0.1) is 4.91 Å². The number of nitroso groups, excluding NO2 is 1. The monoisotopic (exact) mass is 400 g/mol. The summed E-state index contributed by atoms with van der Waals surface area (Å²) in [5, 5.41) is 4.59. The predicted molar refractivity (Wildman–Crippen MR) is 109 cm³/mol. The zero-order chi connectivity index (χ0) is 20.1. The van der Waals surface area contributed by atoms with E-state index in [0.717, 1.165) is 22.2 Å². The first-order chi connectivity index (χ1) is 13.5. The Hall–Kier alpha value is -2.86. The van der Waals surface area contributed by atoms with E-state index in [1.165, 1.54) is 0 Å². The second-order valence-electron chi connectivity index (χ2n) is 6.32. The van der Waals surface area contributed by atoms with Gasteiger partial charge in [-0.15, -0.1) is 4.91 Å². The lowest BCUT2D eigenvalue weighted by Crippen LogP contribution is -2.24. The summed E-state index contributed by atoms with van der Waals surface area (Å²) in [6.07, 6.45) is 0.156. The number of esters is 1. The highest BCUT2D eigenvalue weighted by Crippen LogP contribution is 2.28. The molecular formula is C21H21ClN2O4. The van der Waals surface area contributed by atoms with Crippen LogP contribution in [-0.2, 0) is 29.6 Å². The molecule has 1 aromatic heterocycles. The number of para-hydroxylation sites is 1. The van der Waals surface area contributed by atoms with Gasteiger partial charge in [-0.05, 0) is 42.8 Å². The molecule has 0 aliphatic heterocycles. The van der Waals surface area contributed by atoms with E-state index in [1.807, 2.05) is 35.9 Å². The summed E-state index contributed by atoms with van der Waals surface area (Å²) in [6.45, 7) is 2.17. The highest BCUT2D eigenvalue weighted by atomic mass is 35.5. The largest absolute Gasteiger partial charge is 0.487 e. The summed E-state index contributed by atoms with van der Waals surface area (Å²) in [6, 6.07) is 13.8. The van der Waals surface area contributed by atoms with E-state index < -0.39 is 12.0 Å². The van der Waals surface area contributed by atoms with Gasteiger partial charge in [0.15, 0.2) is 6.04 Å². The molecule has 0 saturated heterocycles. The molecule has 0 spiro atoms. The van der Waals surface area contributed by atoms with Gasteiger partial charge < -0.3 is 14.0 Å². The third-order valence-corrected chi connectivity index (χ3v) is 4.87. The number of rotatable bonds is 8.